The summed E-state index contributed by atoms with van der Waals surface area (Å²) < 4.78 is 136. The molecular formula is C107H108ClF3N10O20S4. The Kier molecular flexibility index (Phi) is 33.1. The van der Waals surface area contributed by atoms with Crippen LogP contribution in [-0.2, 0) is 66.8 Å². The number of ether oxygens (including phenoxy) is 3. The number of benzene rings is 11. The topological polar surface area (TPSA) is 439 Å². The number of alkyl halides is 3. The standard InChI is InChI=1S/C26H26N2O5.C25H24F3NO6S.C24H25N3O6S.C16H15ClN2O3S2.C16H18N2/c29-23(20-11-5-6-12-21(20)26(32)33)27-14-13-16-7-1-2-8-17(16)22(27)15-28-24(30)18-9-3-4-10-19(18)25(28)31;1-13(2)35-24(32)21(23(31)25(26,27)28)18-12-19(16-7-5-6-8-17(16)22(18)30)29-36(33,34)20-10-9-14(3)11-15(20)4;1-15-9-12-21(26-25-16(2)18-11-10-17(32-3)14-22(18)33-4)23(13-15)34(30,31)27-20-8-6-5-7-19(20)24(28)29;17-12-6-5-10(9-15(12)24(18,21)22)16(20)19-13-7-8-23-14-4-2-1-3-11(13)14;1-10-6-13-12-4-3-5-14-16(12)11(8-17-14)7-15(13)18(2)9-10/h1-4,7-10,20-22H,5-6,11-15H2,(H,32,33);5-13,21,29-30H,1-4H3;5-14,26-27H,1-4H3,(H,28,29);1-6,9,13H,7-8H2,(H,19,20)(H2,18,21,22);3-6,8,13,15,17H,7,9H2,1-2H3/t;;;;13-,15?/m....1/s1. The minimum absolute atomic E-state index is 0.00605. The number of aliphatic carboxylic acids is 1. The number of esters is 1. The van der Waals surface area contributed by atoms with Gasteiger partial charge in [0.2, 0.25) is 15.9 Å². The molecule has 6 aliphatic rings. The maximum Gasteiger partial charge on any atom is 0.451 e. The van der Waals surface area contributed by atoms with Gasteiger partial charge >= 0.3 is 24.1 Å². The molecule has 1 saturated carbocycles. The number of methoxy groups -OCH3 is 2. The molecule has 0 bridgehead atoms. The van der Waals surface area contributed by atoms with E-state index >= 15 is 0 Å². The number of carbonyl (C=O) groups excluding carboxylic acids is 6. The number of carboxylic acid groups (broad SMARTS) is 2. The fourth-order valence-electron chi connectivity index (χ4n) is 19.0. The van der Waals surface area contributed by atoms with Crippen LogP contribution in [0.4, 0.5) is 30.2 Å². The molecule has 1 aromatic heterocycles. The number of ketones is 1. The van der Waals surface area contributed by atoms with Crippen LogP contribution in [0, 0.1) is 32.6 Å². The number of hydrazone groups is 1. The van der Waals surface area contributed by atoms with Crippen molar-refractivity contribution in [1.29, 1.82) is 0 Å². The summed E-state index contributed by atoms with van der Waals surface area (Å²) in [4.78, 5) is 110. The Hall–Kier alpha value is -14.2. The molecule has 1 fully saturated rings. The normalized spacial score (nSPS) is 17.7. The van der Waals surface area contributed by atoms with Gasteiger partial charge in [0, 0.05) is 86.3 Å². The number of fused-ring (bicyclic) bond motifs is 6. The summed E-state index contributed by atoms with van der Waals surface area (Å²) in [7, 11) is -7.04. The van der Waals surface area contributed by atoms with Crippen LogP contribution in [0.15, 0.2) is 261 Å². The van der Waals surface area contributed by atoms with E-state index in [-0.39, 0.29) is 94.9 Å². The first-order valence-electron chi connectivity index (χ1n) is 46.4. The van der Waals surface area contributed by atoms with Crippen LogP contribution in [-0.4, -0.2) is 178 Å². The molecule has 11 aromatic carbocycles. The molecule has 4 aliphatic heterocycles. The van der Waals surface area contributed by atoms with Gasteiger partial charge < -0.3 is 44.7 Å². The molecule has 0 radical (unpaired) electrons. The van der Waals surface area contributed by atoms with Gasteiger partial charge in [0.05, 0.1) is 100 Å². The summed E-state index contributed by atoms with van der Waals surface area (Å²) in [6.45, 7) is 13.5. The number of imide groups is 1. The lowest BCUT2D eigenvalue weighted by Crippen LogP contribution is -2.50. The second-order valence-electron chi connectivity index (χ2n) is 36.2. The number of para-hydroxylation sites is 1. The highest BCUT2D eigenvalue weighted by Crippen LogP contribution is 2.47. The Morgan fingerprint density at radius 1 is 0.655 bits per heavy atom. The summed E-state index contributed by atoms with van der Waals surface area (Å²) in [6, 6.07) is 60.3. The molecule has 0 saturated heterocycles. The molecule has 6 unspecified atom stereocenters. The van der Waals surface area contributed by atoms with Crippen molar-refractivity contribution in [1.82, 2.24) is 25.0 Å². The Bertz CT molecular complexity index is 7470. The first-order chi connectivity index (χ1) is 68.9. The number of anilines is 3. The zero-order valence-corrected chi connectivity index (χ0v) is 84.7. The van der Waals surface area contributed by atoms with Crippen LogP contribution in [0.1, 0.15) is 181 Å². The zero-order chi connectivity index (χ0) is 105. The molecule has 30 nitrogen and oxygen atoms in total. The Balaban J connectivity index is 0.000000146. The number of thioether (sulfide) groups is 1. The summed E-state index contributed by atoms with van der Waals surface area (Å²) in [5, 5.41) is 43.9. The van der Waals surface area contributed by atoms with E-state index < -0.39 is 101 Å². The van der Waals surface area contributed by atoms with Gasteiger partial charge in [-0.15, -0.1) is 11.8 Å². The van der Waals surface area contributed by atoms with Crippen molar-refractivity contribution in [2.24, 2.45) is 22.1 Å². The molecule has 18 rings (SSSR count). The van der Waals surface area contributed by atoms with Crippen molar-refractivity contribution in [3.63, 3.8) is 0 Å². The quantitative estimate of drug-likeness (QED) is 0.00546. The molecule has 758 valence electrons. The Morgan fingerprint density at radius 2 is 1.29 bits per heavy atom. The third kappa shape index (κ3) is 24.1. The number of hydrogen-bond acceptors (Lipinski definition) is 22. The van der Waals surface area contributed by atoms with E-state index in [0.29, 0.717) is 82.8 Å². The third-order valence-electron chi connectivity index (χ3n) is 26.0. The van der Waals surface area contributed by atoms with Crippen LogP contribution in [0.2, 0.25) is 5.02 Å². The van der Waals surface area contributed by atoms with E-state index in [0.717, 1.165) is 64.8 Å². The second kappa shape index (κ2) is 45.0. The number of aromatic nitrogens is 1. The van der Waals surface area contributed by atoms with Gasteiger partial charge in [-0.1, -0.05) is 163 Å². The number of aryl methyl sites for hydroxylation is 3. The maximum atomic E-state index is 13.7. The number of likely N-dealkylation sites (N-methyl/N-ethyl adjacent to an activating group) is 1. The fraction of sp³-hybridized carbons (Fsp3) is 0.280. The first-order valence-corrected chi connectivity index (χ1v) is 52.3. The minimum Gasteiger partial charge on any atom is -0.507 e. The number of hydrogen-bond donors (Lipinski definition) is 9. The number of primary sulfonamides is 1. The van der Waals surface area contributed by atoms with Gasteiger partial charge in [-0.05, 0) is 218 Å². The number of aromatic hydroxyl groups is 1. The van der Waals surface area contributed by atoms with Gasteiger partial charge in [-0.25, -0.2) is 35.2 Å². The second-order valence-corrected chi connectivity index (χ2v) is 42.6. The fourth-order valence-corrected chi connectivity index (χ4v) is 23.9. The largest absolute Gasteiger partial charge is 0.507 e. The van der Waals surface area contributed by atoms with Crippen molar-refractivity contribution in [2.75, 3.05) is 61.5 Å². The summed E-state index contributed by atoms with van der Waals surface area (Å²) in [6.07, 6.45) is 3.71. The molecule has 0 spiro atoms. The molecule has 12 aromatic rings. The number of aromatic carboxylic acids is 1. The molecular weight excluding hydrogens is 1970 g/mol. The summed E-state index contributed by atoms with van der Waals surface area (Å²) in [5.41, 5.74) is 14.9. The lowest BCUT2D eigenvalue weighted by Gasteiger charge is -2.42. The molecule has 5 heterocycles. The number of nitrogens with two attached hydrogens (primary N) is 1. The van der Waals surface area contributed by atoms with Crippen molar-refractivity contribution >= 4 is 145 Å². The van der Waals surface area contributed by atoms with Gasteiger partial charge in [-0.2, -0.15) is 18.3 Å². The average molecular weight is 2070 g/mol. The predicted molar refractivity (Wildman–Crippen MR) is 547 cm³/mol. The molecule has 38 heteroatoms. The highest BCUT2D eigenvalue weighted by Gasteiger charge is 2.50. The number of halogens is 4. The Morgan fingerprint density at radius 3 is 1.97 bits per heavy atom. The number of sulfonamides is 3. The van der Waals surface area contributed by atoms with Gasteiger partial charge in [0.1, 0.15) is 27.0 Å². The summed E-state index contributed by atoms with van der Waals surface area (Å²) >= 11 is 7.61. The number of Topliss-reactive ketones (excluding diaryl/α,β-unsaturated/α-hetero) is 1. The van der Waals surface area contributed by atoms with Crippen molar-refractivity contribution in [3.8, 4) is 17.2 Å². The van der Waals surface area contributed by atoms with Crippen molar-refractivity contribution in [2.45, 2.75) is 155 Å². The number of rotatable bonds is 23. The smallest absolute Gasteiger partial charge is 0.451 e. The third-order valence-corrected chi connectivity index (χ3v) is 31.4. The maximum absolute atomic E-state index is 13.7. The number of amides is 4. The van der Waals surface area contributed by atoms with Crippen LogP contribution in [0.25, 0.3) is 21.7 Å². The highest BCUT2D eigenvalue weighted by molar-refractivity contribution is 7.99. The van der Waals surface area contributed by atoms with Crippen LogP contribution in [0.5, 0.6) is 17.2 Å². The summed E-state index contributed by atoms with van der Waals surface area (Å²) in [5.74, 6) is -9.37. The van der Waals surface area contributed by atoms with E-state index in [2.05, 4.69) is 79.6 Å². The van der Waals surface area contributed by atoms with Crippen LogP contribution >= 0.6 is 23.4 Å². The molecule has 7 atom stereocenters. The molecule has 4 amide bonds. The number of aromatic amines is 1. The van der Waals surface area contributed by atoms with E-state index in [1.54, 1.807) is 124 Å². The number of carbonyl (C=O) groups is 8. The van der Waals surface area contributed by atoms with E-state index in [1.807, 2.05) is 48.5 Å². The number of H-pyrrole nitrogens is 1. The van der Waals surface area contributed by atoms with E-state index in [9.17, 15) is 92.1 Å². The lowest BCUT2D eigenvalue weighted by atomic mass is 9.77. The average Bonchev–Trinajstić information content (AvgIpc) is 1.55. The van der Waals surface area contributed by atoms with Crippen molar-refractivity contribution < 1.29 is 106 Å². The van der Waals surface area contributed by atoms with Gasteiger partial charge in [0.15, 0.2) is 5.92 Å². The Labute approximate surface area is 846 Å². The molecule has 2 aliphatic carbocycles. The van der Waals surface area contributed by atoms with Crippen LogP contribution in [0.3, 0.4) is 0 Å². The van der Waals surface area contributed by atoms with Crippen LogP contribution < -0.4 is 34.8 Å². The van der Waals surface area contributed by atoms with Gasteiger partial charge in [-0.3, -0.25) is 58.2 Å². The monoisotopic (exact) mass is 2070 g/mol. The van der Waals surface area contributed by atoms with E-state index in [4.69, 9.17) is 31.0 Å². The number of phenols is 1. The molecule has 145 heavy (non-hydrogen) atoms. The minimum atomic E-state index is -5.43. The zero-order valence-electron chi connectivity index (χ0n) is 80.6. The number of phenolic OH excluding ortho intramolecular Hbond substituents is 1. The number of nitrogens with one attached hydrogen (secondary N) is 5. The van der Waals surface area contributed by atoms with E-state index in [1.165, 1.54) is 133 Å². The number of nitrogens with zero attached hydrogens (tertiary/aromatic N) is 4. The number of carboxylic acids is 2. The lowest BCUT2D eigenvalue weighted by molar-refractivity contribution is -0.178. The van der Waals surface area contributed by atoms with Crippen molar-refractivity contribution in [3.05, 3.63) is 319 Å². The molecule has 10 N–H and O–H groups in total. The SMILES string of the molecule is CC1=C[C@@H]2c3cccc4[nH]cc(c34)CC2N(C)C1.COc1ccc(C(C)=NNc2ccc(C)cc2S(=O)(=O)Nc2ccccc2C(=O)O)c(OC)c1.Cc1ccc(S(=O)(=O)Nc2cc(C(C(=O)OC(C)C)C(=O)C(F)(F)F)c(O)c3ccccc23)c(C)c1.NS(=O)(=O)c1cc(C(=O)NC2CCSc3ccccc32)ccc1Cl.O=C(O)C1CCCCC1C(=O)N1CCc2ccccc2C1CN1C(=O)c2ccccc2C1=O. The van der Waals surface area contributed by atoms with Gasteiger partial charge in [0.25, 0.3) is 43.6 Å². The predicted octanol–water partition coefficient (Wildman–Crippen LogP) is 18.8. The first kappa shape index (κ1) is 107. The highest BCUT2D eigenvalue weighted by atomic mass is 35.5.